The van der Waals surface area contributed by atoms with Crippen molar-refractivity contribution in [2.75, 3.05) is 23.3 Å². The summed E-state index contributed by atoms with van der Waals surface area (Å²) in [6, 6.07) is 15.0. The highest BCUT2D eigenvalue weighted by atomic mass is 15.2. The zero-order valence-electron chi connectivity index (χ0n) is 12.9. The highest BCUT2D eigenvalue weighted by molar-refractivity contribution is 5.71. The number of piperidine rings is 1. The lowest BCUT2D eigenvalue weighted by Crippen LogP contribution is -2.39. The van der Waals surface area contributed by atoms with Gasteiger partial charge in [0.1, 0.15) is 11.3 Å². The number of nitrogens with one attached hydrogen (secondary N) is 1. The Bertz CT molecular complexity index is 782. The first-order valence-corrected chi connectivity index (χ1v) is 8.03. The van der Waals surface area contributed by atoms with Crippen molar-refractivity contribution in [2.45, 2.75) is 18.9 Å². The lowest BCUT2D eigenvalue weighted by atomic mass is 10.0. The third kappa shape index (κ3) is 3.08. The molecule has 23 heavy (non-hydrogen) atoms. The molecule has 2 aromatic heterocycles. The molecule has 0 unspecified atom stereocenters. The van der Waals surface area contributed by atoms with Gasteiger partial charge in [0.15, 0.2) is 5.65 Å². The molecule has 1 aromatic carbocycles. The molecule has 0 atom stereocenters. The number of pyridine rings is 1. The normalized spacial score (nSPS) is 15.7. The molecule has 1 N–H and O–H groups in total. The Labute approximate surface area is 135 Å². The van der Waals surface area contributed by atoms with Crippen LogP contribution in [-0.4, -0.2) is 34.1 Å². The van der Waals surface area contributed by atoms with Gasteiger partial charge in [0.2, 0.25) is 0 Å². The summed E-state index contributed by atoms with van der Waals surface area (Å²) in [5.74, 6) is 0.996. The third-order valence-electron chi connectivity index (χ3n) is 4.28. The molecule has 0 saturated carbocycles. The summed E-state index contributed by atoms with van der Waals surface area (Å²) in [4.78, 5) is 15.5. The van der Waals surface area contributed by atoms with E-state index in [0.29, 0.717) is 6.04 Å². The van der Waals surface area contributed by atoms with Crippen molar-refractivity contribution in [2.24, 2.45) is 0 Å². The van der Waals surface area contributed by atoms with Gasteiger partial charge in [-0.1, -0.05) is 18.2 Å². The number of rotatable bonds is 3. The van der Waals surface area contributed by atoms with Crippen LogP contribution in [-0.2, 0) is 0 Å². The molecule has 1 aliphatic rings. The lowest BCUT2D eigenvalue weighted by molar-refractivity contribution is 0.524. The standard InChI is InChI=1S/C18H19N5/c1-2-4-14(5-3-1)21-15-8-12-23(13-9-15)17-7-6-16-18(22-17)20-11-10-19-16/h1-7,10-11,15,21H,8-9,12-13H2. The van der Waals surface area contributed by atoms with E-state index in [4.69, 9.17) is 0 Å². The van der Waals surface area contributed by atoms with Crippen LogP contribution in [0.4, 0.5) is 11.5 Å². The summed E-state index contributed by atoms with van der Waals surface area (Å²) in [6.45, 7) is 2.01. The van der Waals surface area contributed by atoms with Gasteiger partial charge in [0, 0.05) is 37.2 Å². The molecule has 1 aliphatic heterocycles. The minimum absolute atomic E-state index is 0.522. The molecule has 0 bridgehead atoms. The largest absolute Gasteiger partial charge is 0.382 e. The van der Waals surface area contributed by atoms with Gasteiger partial charge in [-0.25, -0.2) is 9.97 Å². The summed E-state index contributed by atoms with van der Waals surface area (Å²) < 4.78 is 0. The van der Waals surface area contributed by atoms with Crippen molar-refractivity contribution in [3.8, 4) is 0 Å². The molecule has 1 saturated heterocycles. The summed E-state index contributed by atoms with van der Waals surface area (Å²) in [7, 11) is 0. The Morgan fingerprint density at radius 3 is 2.52 bits per heavy atom. The molecular formula is C18H19N5. The second-order valence-electron chi connectivity index (χ2n) is 5.84. The van der Waals surface area contributed by atoms with Crippen LogP contribution in [0.5, 0.6) is 0 Å². The van der Waals surface area contributed by atoms with Crippen LogP contribution in [0.1, 0.15) is 12.8 Å². The van der Waals surface area contributed by atoms with E-state index in [0.717, 1.165) is 42.9 Å². The van der Waals surface area contributed by atoms with Crippen LogP contribution >= 0.6 is 0 Å². The van der Waals surface area contributed by atoms with E-state index in [1.807, 2.05) is 18.2 Å². The van der Waals surface area contributed by atoms with E-state index in [2.05, 4.69) is 49.4 Å². The summed E-state index contributed by atoms with van der Waals surface area (Å²) in [5, 5.41) is 3.61. The first kappa shape index (κ1) is 13.9. The van der Waals surface area contributed by atoms with E-state index in [1.165, 1.54) is 5.69 Å². The predicted molar refractivity (Wildman–Crippen MR) is 92.6 cm³/mol. The van der Waals surface area contributed by atoms with Gasteiger partial charge in [-0.2, -0.15) is 0 Å². The lowest BCUT2D eigenvalue weighted by Gasteiger charge is -2.33. The molecule has 116 valence electrons. The van der Waals surface area contributed by atoms with Crippen molar-refractivity contribution in [1.82, 2.24) is 15.0 Å². The smallest absolute Gasteiger partial charge is 0.180 e. The van der Waals surface area contributed by atoms with Gasteiger partial charge in [-0.05, 0) is 37.1 Å². The SMILES string of the molecule is c1ccc(NC2CCN(c3ccc4nccnc4n3)CC2)cc1. The fourth-order valence-electron chi connectivity index (χ4n) is 3.04. The van der Waals surface area contributed by atoms with Gasteiger partial charge in [-0.3, -0.25) is 4.98 Å². The van der Waals surface area contributed by atoms with Crippen LogP contribution < -0.4 is 10.2 Å². The maximum atomic E-state index is 4.64. The van der Waals surface area contributed by atoms with Crippen molar-refractivity contribution in [3.63, 3.8) is 0 Å². The molecule has 0 radical (unpaired) electrons. The van der Waals surface area contributed by atoms with Gasteiger partial charge < -0.3 is 10.2 Å². The van der Waals surface area contributed by atoms with E-state index in [1.54, 1.807) is 12.4 Å². The topological polar surface area (TPSA) is 53.9 Å². The van der Waals surface area contributed by atoms with Crippen molar-refractivity contribution < 1.29 is 0 Å². The van der Waals surface area contributed by atoms with Crippen molar-refractivity contribution in [3.05, 3.63) is 54.9 Å². The number of hydrogen-bond donors (Lipinski definition) is 1. The Kier molecular flexibility index (Phi) is 3.76. The number of para-hydroxylation sites is 1. The van der Waals surface area contributed by atoms with Crippen LogP contribution in [0.3, 0.4) is 0 Å². The third-order valence-corrected chi connectivity index (χ3v) is 4.28. The maximum Gasteiger partial charge on any atom is 0.180 e. The second-order valence-corrected chi connectivity index (χ2v) is 5.84. The fourth-order valence-corrected chi connectivity index (χ4v) is 3.04. The first-order chi connectivity index (χ1) is 11.4. The average molecular weight is 305 g/mol. The molecule has 0 amide bonds. The minimum atomic E-state index is 0.522. The van der Waals surface area contributed by atoms with E-state index in [-0.39, 0.29) is 0 Å². The van der Waals surface area contributed by atoms with Crippen LogP contribution in [0.15, 0.2) is 54.9 Å². The number of aromatic nitrogens is 3. The molecule has 5 heteroatoms. The molecule has 4 rings (SSSR count). The van der Waals surface area contributed by atoms with E-state index >= 15 is 0 Å². The minimum Gasteiger partial charge on any atom is -0.382 e. The quantitative estimate of drug-likeness (QED) is 0.806. The molecular weight excluding hydrogens is 286 g/mol. The maximum absolute atomic E-state index is 4.64. The molecule has 0 spiro atoms. The molecule has 5 nitrogen and oxygen atoms in total. The predicted octanol–water partition coefficient (Wildman–Crippen LogP) is 3.11. The van der Waals surface area contributed by atoms with Crippen molar-refractivity contribution >= 4 is 22.7 Å². The zero-order chi connectivity index (χ0) is 15.5. The monoisotopic (exact) mass is 305 g/mol. The Morgan fingerprint density at radius 1 is 0.913 bits per heavy atom. The number of hydrogen-bond acceptors (Lipinski definition) is 5. The van der Waals surface area contributed by atoms with Crippen LogP contribution in [0.2, 0.25) is 0 Å². The van der Waals surface area contributed by atoms with Crippen molar-refractivity contribution in [1.29, 1.82) is 0 Å². The molecule has 1 fully saturated rings. The average Bonchev–Trinajstić information content (AvgIpc) is 2.63. The Morgan fingerprint density at radius 2 is 1.70 bits per heavy atom. The molecule has 0 aliphatic carbocycles. The fraction of sp³-hybridized carbons (Fsp3) is 0.278. The zero-order valence-corrected chi connectivity index (χ0v) is 12.9. The van der Waals surface area contributed by atoms with E-state index < -0.39 is 0 Å². The van der Waals surface area contributed by atoms with Gasteiger partial charge in [0.25, 0.3) is 0 Å². The number of nitrogens with zero attached hydrogens (tertiary/aromatic N) is 4. The summed E-state index contributed by atoms with van der Waals surface area (Å²) in [6.07, 6.45) is 5.60. The van der Waals surface area contributed by atoms with Gasteiger partial charge in [-0.15, -0.1) is 0 Å². The first-order valence-electron chi connectivity index (χ1n) is 8.03. The number of anilines is 2. The molecule has 3 heterocycles. The highest BCUT2D eigenvalue weighted by Crippen LogP contribution is 2.21. The molecule has 3 aromatic rings. The summed E-state index contributed by atoms with van der Waals surface area (Å²) >= 11 is 0. The van der Waals surface area contributed by atoms with Crippen LogP contribution in [0, 0.1) is 0 Å². The number of benzene rings is 1. The summed E-state index contributed by atoms with van der Waals surface area (Å²) in [5.41, 5.74) is 2.76. The van der Waals surface area contributed by atoms with Crippen LogP contribution in [0.25, 0.3) is 11.2 Å². The van der Waals surface area contributed by atoms with E-state index in [9.17, 15) is 0 Å². The highest BCUT2D eigenvalue weighted by Gasteiger charge is 2.20. The Hall–Kier alpha value is -2.69. The second kappa shape index (κ2) is 6.20. The Balaban J connectivity index is 1.42. The number of fused-ring (bicyclic) bond motifs is 1. The van der Waals surface area contributed by atoms with Gasteiger partial charge >= 0.3 is 0 Å². The van der Waals surface area contributed by atoms with Gasteiger partial charge in [0.05, 0.1) is 0 Å².